The van der Waals surface area contributed by atoms with Crippen molar-refractivity contribution < 1.29 is 22.7 Å². The van der Waals surface area contributed by atoms with Crippen LogP contribution in [0.3, 0.4) is 0 Å². The summed E-state index contributed by atoms with van der Waals surface area (Å²) in [5.74, 6) is -0.941. The molecule has 0 aliphatic rings. The second-order valence-electron chi connectivity index (χ2n) is 3.76. The van der Waals surface area contributed by atoms with E-state index in [1.54, 1.807) is 12.1 Å². The van der Waals surface area contributed by atoms with Gasteiger partial charge >= 0.3 is 5.97 Å². The van der Waals surface area contributed by atoms with Crippen LogP contribution in [0.1, 0.15) is 16.2 Å². The maximum absolute atomic E-state index is 12.3. The van der Waals surface area contributed by atoms with Gasteiger partial charge in [0.1, 0.15) is 5.76 Å². The largest absolute Gasteiger partial charge is 0.476 e. The van der Waals surface area contributed by atoms with Gasteiger partial charge in [-0.2, -0.15) is 4.31 Å². The number of hydrogen-bond donors (Lipinski definition) is 1. The first kappa shape index (κ1) is 15.2. The summed E-state index contributed by atoms with van der Waals surface area (Å²) in [5.41, 5.74) is 0.718. The molecule has 7 nitrogen and oxygen atoms in total. The summed E-state index contributed by atoms with van der Waals surface area (Å²) in [6, 6.07) is 3.27. The maximum Gasteiger partial charge on any atom is 0.356 e. The first-order valence-corrected chi connectivity index (χ1v) is 8.31. The fourth-order valence-corrected chi connectivity index (χ4v) is 4.25. The first-order valence-electron chi connectivity index (χ1n) is 5.19. The van der Waals surface area contributed by atoms with Crippen molar-refractivity contribution in [3.63, 3.8) is 0 Å². The van der Waals surface area contributed by atoms with Crippen LogP contribution in [0.25, 0.3) is 0 Å². The van der Waals surface area contributed by atoms with E-state index in [0.717, 1.165) is 15.6 Å². The number of nitrogens with zero attached hydrogens (tertiary/aromatic N) is 2. The van der Waals surface area contributed by atoms with Crippen molar-refractivity contribution in [2.45, 2.75) is 10.8 Å². The van der Waals surface area contributed by atoms with Gasteiger partial charge in [-0.05, 0) is 28.1 Å². The smallest absolute Gasteiger partial charge is 0.356 e. The van der Waals surface area contributed by atoms with Gasteiger partial charge in [0.25, 0.3) is 10.0 Å². The molecule has 108 valence electrons. The van der Waals surface area contributed by atoms with Crippen LogP contribution in [0.4, 0.5) is 0 Å². The van der Waals surface area contributed by atoms with Crippen molar-refractivity contribution in [2.24, 2.45) is 0 Å². The number of hydrogen-bond acceptors (Lipinski definition) is 6. The molecular weight excluding hydrogens is 372 g/mol. The molecule has 0 saturated carbocycles. The minimum absolute atomic E-state index is 0.00904. The summed E-state index contributed by atoms with van der Waals surface area (Å²) in [7, 11) is -2.58. The molecule has 0 radical (unpaired) electrons. The van der Waals surface area contributed by atoms with E-state index < -0.39 is 21.7 Å². The van der Waals surface area contributed by atoms with Crippen molar-refractivity contribution in [3.05, 3.63) is 33.8 Å². The fourth-order valence-electron chi connectivity index (χ4n) is 1.44. The lowest BCUT2D eigenvalue weighted by atomic mass is 10.4. The molecule has 2 heterocycles. The van der Waals surface area contributed by atoms with E-state index in [-0.39, 0.29) is 10.8 Å². The molecular formula is C10H9BrN2O5S2. The quantitative estimate of drug-likeness (QED) is 0.851. The number of carboxylic acid groups (broad SMARTS) is 1. The minimum atomic E-state index is -3.93. The normalized spacial score (nSPS) is 11.9. The molecule has 0 saturated heterocycles. The molecule has 0 aliphatic heterocycles. The van der Waals surface area contributed by atoms with Gasteiger partial charge < -0.3 is 9.52 Å². The summed E-state index contributed by atoms with van der Waals surface area (Å²) in [5, 5.41) is 8.93. The Hall–Kier alpha value is -1.23. The minimum Gasteiger partial charge on any atom is -0.476 e. The highest BCUT2D eigenvalue weighted by Crippen LogP contribution is 2.25. The standard InChI is InChI=1S/C10H9BrN2O5S2/c1-13(4-6-2-3-7(11)18-6)20(16,17)10-8(9(14)15)12-5-19-10/h2-3,5H,4H2,1H3,(H,14,15). The van der Waals surface area contributed by atoms with Crippen molar-refractivity contribution in [1.29, 1.82) is 0 Å². The van der Waals surface area contributed by atoms with Gasteiger partial charge in [0.05, 0.1) is 12.1 Å². The SMILES string of the molecule is CN(Cc1ccc(Br)o1)S(=O)(=O)c1scnc1C(=O)O. The van der Waals surface area contributed by atoms with E-state index in [0.29, 0.717) is 10.4 Å². The summed E-state index contributed by atoms with van der Waals surface area (Å²) >= 11 is 3.89. The molecule has 20 heavy (non-hydrogen) atoms. The lowest BCUT2D eigenvalue weighted by molar-refractivity contribution is 0.0687. The Labute approximate surface area is 127 Å². The second kappa shape index (κ2) is 5.64. The Morgan fingerprint density at radius 2 is 2.25 bits per heavy atom. The Kier molecular flexibility index (Phi) is 4.28. The Balaban J connectivity index is 2.30. The van der Waals surface area contributed by atoms with E-state index >= 15 is 0 Å². The number of aromatic nitrogens is 1. The fraction of sp³-hybridized carbons (Fsp3) is 0.200. The second-order valence-corrected chi connectivity index (χ2v) is 7.64. The average molecular weight is 381 g/mol. The zero-order valence-corrected chi connectivity index (χ0v) is 13.3. The van der Waals surface area contributed by atoms with Crippen LogP contribution < -0.4 is 0 Å². The highest BCUT2D eigenvalue weighted by molar-refractivity contribution is 9.10. The van der Waals surface area contributed by atoms with Crippen LogP contribution in [0.5, 0.6) is 0 Å². The number of halogens is 1. The Morgan fingerprint density at radius 3 is 2.80 bits per heavy atom. The zero-order valence-electron chi connectivity index (χ0n) is 10.1. The van der Waals surface area contributed by atoms with E-state index in [1.165, 1.54) is 12.6 Å². The molecule has 2 aromatic rings. The molecule has 0 aliphatic carbocycles. The monoisotopic (exact) mass is 380 g/mol. The van der Waals surface area contributed by atoms with Crippen molar-refractivity contribution in [1.82, 2.24) is 9.29 Å². The van der Waals surface area contributed by atoms with Gasteiger partial charge in [0.2, 0.25) is 0 Å². The molecule has 0 aromatic carbocycles. The number of thiazole rings is 1. The van der Waals surface area contributed by atoms with Crippen molar-refractivity contribution >= 4 is 43.3 Å². The zero-order chi connectivity index (χ0) is 14.9. The van der Waals surface area contributed by atoms with Crippen LogP contribution in [-0.4, -0.2) is 35.8 Å². The van der Waals surface area contributed by atoms with Gasteiger partial charge in [0.15, 0.2) is 14.6 Å². The average Bonchev–Trinajstić information content (AvgIpc) is 2.98. The third-order valence-electron chi connectivity index (χ3n) is 2.39. The highest BCUT2D eigenvalue weighted by atomic mass is 79.9. The lowest BCUT2D eigenvalue weighted by Gasteiger charge is -2.14. The predicted octanol–water partition coefficient (Wildman–Crippen LogP) is 2.02. The topological polar surface area (TPSA) is 101 Å². The third-order valence-corrected chi connectivity index (χ3v) is 5.97. The molecule has 1 N–H and O–H groups in total. The molecule has 0 spiro atoms. The molecule has 2 rings (SSSR count). The van der Waals surface area contributed by atoms with Crippen molar-refractivity contribution in [2.75, 3.05) is 7.05 Å². The molecule has 0 bridgehead atoms. The van der Waals surface area contributed by atoms with Gasteiger partial charge in [-0.15, -0.1) is 11.3 Å². The number of rotatable bonds is 5. The lowest BCUT2D eigenvalue weighted by Crippen LogP contribution is -2.27. The number of carbonyl (C=O) groups is 1. The molecule has 10 heteroatoms. The van der Waals surface area contributed by atoms with E-state index in [1.807, 2.05) is 0 Å². The first-order chi connectivity index (χ1) is 9.32. The number of aromatic carboxylic acids is 1. The van der Waals surface area contributed by atoms with E-state index in [9.17, 15) is 13.2 Å². The van der Waals surface area contributed by atoms with E-state index in [4.69, 9.17) is 9.52 Å². The van der Waals surface area contributed by atoms with E-state index in [2.05, 4.69) is 20.9 Å². The molecule has 0 atom stereocenters. The van der Waals surface area contributed by atoms with Crippen LogP contribution in [0.15, 0.2) is 30.9 Å². The van der Waals surface area contributed by atoms with Crippen LogP contribution in [0, 0.1) is 0 Å². The maximum atomic E-state index is 12.3. The van der Waals surface area contributed by atoms with Gasteiger partial charge in [-0.1, -0.05) is 0 Å². The van der Waals surface area contributed by atoms with Gasteiger partial charge in [0, 0.05) is 7.05 Å². The summed E-state index contributed by atoms with van der Waals surface area (Å²) in [6.45, 7) is -0.00904. The van der Waals surface area contributed by atoms with Crippen LogP contribution in [0.2, 0.25) is 0 Å². The highest BCUT2D eigenvalue weighted by Gasteiger charge is 2.30. The Morgan fingerprint density at radius 1 is 1.55 bits per heavy atom. The van der Waals surface area contributed by atoms with Gasteiger partial charge in [-0.25, -0.2) is 18.2 Å². The number of sulfonamides is 1. The van der Waals surface area contributed by atoms with Crippen LogP contribution in [-0.2, 0) is 16.6 Å². The van der Waals surface area contributed by atoms with Crippen molar-refractivity contribution in [3.8, 4) is 0 Å². The van der Waals surface area contributed by atoms with Crippen LogP contribution >= 0.6 is 27.3 Å². The summed E-state index contributed by atoms with van der Waals surface area (Å²) in [4.78, 5) is 14.5. The Bertz CT molecular complexity index is 736. The molecule has 0 unspecified atom stereocenters. The summed E-state index contributed by atoms with van der Waals surface area (Å²) in [6.07, 6.45) is 0. The summed E-state index contributed by atoms with van der Waals surface area (Å²) < 4.78 is 31.1. The molecule has 0 fully saturated rings. The number of furan rings is 1. The van der Waals surface area contributed by atoms with Gasteiger partial charge in [-0.3, -0.25) is 0 Å². The molecule has 2 aromatic heterocycles. The third kappa shape index (κ3) is 2.92. The molecule has 0 amide bonds. The predicted molar refractivity (Wildman–Crippen MR) is 74.1 cm³/mol. The number of carboxylic acids is 1.